The number of carbonyl (C=O) groups excluding carboxylic acids is 1. The first-order valence-electron chi connectivity index (χ1n) is 6.70. The maximum atomic E-state index is 12.0. The summed E-state index contributed by atoms with van der Waals surface area (Å²) in [5.74, 6) is 1.79. The van der Waals surface area contributed by atoms with Gasteiger partial charge in [0, 0.05) is 24.6 Å². The van der Waals surface area contributed by atoms with Crippen molar-refractivity contribution in [2.24, 2.45) is 0 Å². The second-order valence-electron chi connectivity index (χ2n) is 4.78. The molecule has 1 aromatic rings. The first kappa shape index (κ1) is 13.7. The average molecular weight is 263 g/mol. The van der Waals surface area contributed by atoms with Crippen LogP contribution in [0.15, 0.2) is 18.2 Å². The first-order valence-corrected chi connectivity index (χ1v) is 6.70. The minimum Gasteiger partial charge on any atom is -0.497 e. The molecule has 1 aliphatic carbocycles. The Hall–Kier alpha value is -1.71. The van der Waals surface area contributed by atoms with Crippen LogP contribution >= 0.6 is 0 Å². The molecule has 2 rings (SSSR count). The Morgan fingerprint density at radius 1 is 1.32 bits per heavy atom. The normalized spacial score (nSPS) is 14.1. The van der Waals surface area contributed by atoms with E-state index in [1.165, 1.54) is 0 Å². The summed E-state index contributed by atoms with van der Waals surface area (Å²) in [5, 5.41) is 0. The van der Waals surface area contributed by atoms with Gasteiger partial charge in [0.2, 0.25) is 5.91 Å². The molecule has 0 aliphatic heterocycles. The third-order valence-electron chi connectivity index (χ3n) is 3.44. The van der Waals surface area contributed by atoms with Gasteiger partial charge in [0.05, 0.1) is 14.2 Å². The fraction of sp³-hybridized carbons (Fsp3) is 0.533. The number of carbonyl (C=O) groups is 1. The maximum Gasteiger partial charge on any atom is 0.222 e. The number of nitrogens with zero attached hydrogens (tertiary/aromatic N) is 1. The second-order valence-corrected chi connectivity index (χ2v) is 4.78. The molecule has 0 spiro atoms. The Kier molecular flexibility index (Phi) is 4.30. The lowest BCUT2D eigenvalue weighted by Crippen LogP contribution is -2.32. The zero-order chi connectivity index (χ0) is 13.8. The van der Waals surface area contributed by atoms with Gasteiger partial charge in [0.25, 0.3) is 0 Å². The van der Waals surface area contributed by atoms with Gasteiger partial charge in [0.15, 0.2) is 0 Å². The van der Waals surface area contributed by atoms with E-state index in [0.29, 0.717) is 19.0 Å². The standard InChI is InChI=1S/C15H21NO3/c1-4-15(17)16(12-5-6-12)10-11-9-13(18-2)7-8-14(11)19-3/h7-9,12H,4-6,10H2,1-3H3. The van der Waals surface area contributed by atoms with Crippen LogP contribution in [-0.4, -0.2) is 31.1 Å². The molecule has 0 bridgehead atoms. The number of methoxy groups -OCH3 is 2. The highest BCUT2D eigenvalue weighted by Gasteiger charge is 2.32. The van der Waals surface area contributed by atoms with Crippen LogP contribution < -0.4 is 9.47 Å². The first-order chi connectivity index (χ1) is 9.19. The lowest BCUT2D eigenvalue weighted by molar-refractivity contribution is -0.132. The van der Waals surface area contributed by atoms with Gasteiger partial charge in [-0.05, 0) is 31.0 Å². The van der Waals surface area contributed by atoms with E-state index in [1.54, 1.807) is 14.2 Å². The minimum atomic E-state index is 0.201. The molecule has 0 N–H and O–H groups in total. The van der Waals surface area contributed by atoms with E-state index in [2.05, 4.69) is 0 Å². The Morgan fingerprint density at radius 3 is 2.58 bits per heavy atom. The molecule has 0 saturated heterocycles. The number of rotatable bonds is 6. The number of hydrogen-bond donors (Lipinski definition) is 0. The predicted octanol–water partition coefficient (Wildman–Crippen LogP) is 2.60. The Bertz CT molecular complexity index is 455. The van der Waals surface area contributed by atoms with Crippen molar-refractivity contribution in [3.8, 4) is 11.5 Å². The van der Waals surface area contributed by atoms with Gasteiger partial charge in [-0.1, -0.05) is 6.92 Å². The van der Waals surface area contributed by atoms with Gasteiger partial charge >= 0.3 is 0 Å². The maximum absolute atomic E-state index is 12.0. The lowest BCUT2D eigenvalue weighted by Gasteiger charge is -2.23. The smallest absolute Gasteiger partial charge is 0.222 e. The minimum absolute atomic E-state index is 0.201. The number of hydrogen-bond acceptors (Lipinski definition) is 3. The molecule has 0 unspecified atom stereocenters. The van der Waals surface area contributed by atoms with Crippen molar-refractivity contribution in [2.45, 2.75) is 38.8 Å². The van der Waals surface area contributed by atoms with Crippen molar-refractivity contribution < 1.29 is 14.3 Å². The highest BCUT2D eigenvalue weighted by Crippen LogP contribution is 2.32. The van der Waals surface area contributed by atoms with Crippen LogP contribution in [0.25, 0.3) is 0 Å². The third kappa shape index (κ3) is 3.19. The summed E-state index contributed by atoms with van der Waals surface area (Å²) in [6.45, 7) is 2.50. The van der Waals surface area contributed by atoms with Gasteiger partial charge in [-0.2, -0.15) is 0 Å². The topological polar surface area (TPSA) is 38.8 Å². The van der Waals surface area contributed by atoms with Crippen molar-refractivity contribution in [1.82, 2.24) is 4.90 Å². The van der Waals surface area contributed by atoms with Crippen molar-refractivity contribution >= 4 is 5.91 Å². The lowest BCUT2D eigenvalue weighted by atomic mass is 10.1. The fourth-order valence-electron chi connectivity index (χ4n) is 2.20. The quantitative estimate of drug-likeness (QED) is 0.792. The van der Waals surface area contributed by atoms with Crippen molar-refractivity contribution in [2.75, 3.05) is 14.2 Å². The van der Waals surface area contributed by atoms with E-state index in [-0.39, 0.29) is 5.91 Å². The molecular formula is C15H21NO3. The number of amides is 1. The Morgan fingerprint density at radius 2 is 2.05 bits per heavy atom. The van der Waals surface area contributed by atoms with E-state index in [4.69, 9.17) is 9.47 Å². The molecule has 0 aromatic heterocycles. The highest BCUT2D eigenvalue weighted by molar-refractivity contribution is 5.76. The second kappa shape index (κ2) is 5.95. The largest absolute Gasteiger partial charge is 0.497 e. The molecular weight excluding hydrogens is 242 g/mol. The van der Waals surface area contributed by atoms with Crippen LogP contribution in [0.4, 0.5) is 0 Å². The number of ether oxygens (including phenoxy) is 2. The molecule has 104 valence electrons. The van der Waals surface area contributed by atoms with Gasteiger partial charge in [-0.25, -0.2) is 0 Å². The molecule has 4 heteroatoms. The Balaban J connectivity index is 2.21. The molecule has 1 aromatic carbocycles. The monoisotopic (exact) mass is 263 g/mol. The van der Waals surface area contributed by atoms with Crippen molar-refractivity contribution in [1.29, 1.82) is 0 Å². The van der Waals surface area contributed by atoms with Crippen LogP contribution in [0.3, 0.4) is 0 Å². The van der Waals surface area contributed by atoms with E-state index < -0.39 is 0 Å². The zero-order valence-electron chi connectivity index (χ0n) is 11.8. The summed E-state index contributed by atoms with van der Waals surface area (Å²) < 4.78 is 10.6. The summed E-state index contributed by atoms with van der Waals surface area (Å²) in [6.07, 6.45) is 2.76. The SMILES string of the molecule is CCC(=O)N(Cc1cc(OC)ccc1OC)C1CC1. The number of benzene rings is 1. The molecule has 1 aliphatic rings. The Labute approximate surface area is 114 Å². The molecule has 0 atom stereocenters. The van der Waals surface area contributed by atoms with Gasteiger partial charge in [0.1, 0.15) is 11.5 Å². The van der Waals surface area contributed by atoms with Crippen molar-refractivity contribution in [3.63, 3.8) is 0 Å². The molecule has 1 saturated carbocycles. The zero-order valence-corrected chi connectivity index (χ0v) is 11.8. The average Bonchev–Trinajstić information content (AvgIpc) is 3.28. The predicted molar refractivity (Wildman–Crippen MR) is 73.4 cm³/mol. The van der Waals surface area contributed by atoms with E-state index in [9.17, 15) is 4.79 Å². The summed E-state index contributed by atoms with van der Waals surface area (Å²) in [7, 11) is 3.29. The highest BCUT2D eigenvalue weighted by atomic mass is 16.5. The van der Waals surface area contributed by atoms with Crippen LogP contribution in [-0.2, 0) is 11.3 Å². The fourth-order valence-corrected chi connectivity index (χ4v) is 2.20. The summed E-state index contributed by atoms with van der Waals surface area (Å²) >= 11 is 0. The summed E-state index contributed by atoms with van der Waals surface area (Å²) in [5.41, 5.74) is 0.996. The summed E-state index contributed by atoms with van der Waals surface area (Å²) in [6, 6.07) is 6.10. The summed E-state index contributed by atoms with van der Waals surface area (Å²) in [4.78, 5) is 14.0. The van der Waals surface area contributed by atoms with Crippen LogP contribution in [0, 0.1) is 0 Å². The van der Waals surface area contributed by atoms with Gasteiger partial charge < -0.3 is 14.4 Å². The van der Waals surface area contributed by atoms with Crippen LogP contribution in [0.1, 0.15) is 31.7 Å². The molecule has 1 fully saturated rings. The van der Waals surface area contributed by atoms with E-state index in [0.717, 1.165) is 29.9 Å². The third-order valence-corrected chi connectivity index (χ3v) is 3.44. The van der Waals surface area contributed by atoms with Gasteiger partial charge in [-0.15, -0.1) is 0 Å². The molecule has 4 nitrogen and oxygen atoms in total. The van der Waals surface area contributed by atoms with Crippen molar-refractivity contribution in [3.05, 3.63) is 23.8 Å². The molecule has 1 amide bonds. The van der Waals surface area contributed by atoms with E-state index in [1.807, 2.05) is 30.0 Å². The molecule has 0 radical (unpaired) electrons. The van der Waals surface area contributed by atoms with Crippen LogP contribution in [0.2, 0.25) is 0 Å². The molecule has 0 heterocycles. The van der Waals surface area contributed by atoms with Gasteiger partial charge in [-0.3, -0.25) is 4.79 Å². The van der Waals surface area contributed by atoms with Crippen LogP contribution in [0.5, 0.6) is 11.5 Å². The van der Waals surface area contributed by atoms with E-state index >= 15 is 0 Å². The molecule has 19 heavy (non-hydrogen) atoms.